The average Bonchev–Trinajstić information content (AvgIpc) is 2.64. The van der Waals surface area contributed by atoms with Gasteiger partial charge in [0, 0.05) is 5.56 Å². The van der Waals surface area contributed by atoms with E-state index in [-0.39, 0.29) is 41.3 Å². The summed E-state index contributed by atoms with van der Waals surface area (Å²) in [7, 11) is 0. The lowest BCUT2D eigenvalue weighted by Gasteiger charge is -2.15. The summed E-state index contributed by atoms with van der Waals surface area (Å²) in [6.07, 6.45) is 5.15. The highest BCUT2D eigenvalue weighted by atomic mass is 19.1. The van der Waals surface area contributed by atoms with Gasteiger partial charge in [-0.25, -0.2) is 13.6 Å². The van der Waals surface area contributed by atoms with E-state index in [1.165, 1.54) is 36.4 Å². The van der Waals surface area contributed by atoms with Crippen LogP contribution in [0.5, 0.6) is 11.5 Å². The number of halogens is 2. The quantitative estimate of drug-likeness (QED) is 0.478. The van der Waals surface area contributed by atoms with Crippen molar-refractivity contribution >= 4 is 18.1 Å². The van der Waals surface area contributed by atoms with Crippen molar-refractivity contribution < 1.29 is 28.5 Å². The predicted octanol–water partition coefficient (Wildman–Crippen LogP) is 5.26. The maximum atomic E-state index is 13.0. The van der Waals surface area contributed by atoms with E-state index < -0.39 is 18.4 Å². The Bertz CT molecular complexity index is 896. The van der Waals surface area contributed by atoms with Crippen LogP contribution in [0.15, 0.2) is 42.0 Å². The van der Waals surface area contributed by atoms with Gasteiger partial charge in [-0.15, -0.1) is 0 Å². The number of carbonyl (C=O) groups is 1. The van der Waals surface area contributed by atoms with Gasteiger partial charge >= 0.3 is 5.97 Å². The Kier molecular flexibility index (Phi) is 7.32. The third kappa shape index (κ3) is 5.42. The van der Waals surface area contributed by atoms with Gasteiger partial charge in [0.1, 0.15) is 36.2 Å². The van der Waals surface area contributed by atoms with Crippen LogP contribution in [0.4, 0.5) is 8.78 Å². The molecule has 0 radical (unpaired) electrons. The van der Waals surface area contributed by atoms with E-state index in [1.54, 1.807) is 6.08 Å². The molecule has 2 aromatic carbocycles. The highest BCUT2D eigenvalue weighted by molar-refractivity contribution is 5.97. The number of benzene rings is 2. The highest BCUT2D eigenvalue weighted by Crippen LogP contribution is 2.36. The fourth-order valence-electron chi connectivity index (χ4n) is 2.60. The molecule has 6 heteroatoms. The Hall–Kier alpha value is -3.15. The van der Waals surface area contributed by atoms with Gasteiger partial charge in [-0.3, -0.25) is 0 Å². The van der Waals surface area contributed by atoms with Gasteiger partial charge in [-0.05, 0) is 49.6 Å². The third-order valence-corrected chi connectivity index (χ3v) is 3.98. The van der Waals surface area contributed by atoms with Crippen LogP contribution in [0.25, 0.3) is 12.2 Å². The van der Waals surface area contributed by atoms with Crippen molar-refractivity contribution in [2.75, 3.05) is 13.3 Å². The molecule has 0 amide bonds. The Balaban J connectivity index is 2.56. The molecule has 0 unspecified atom stereocenters. The standard InChI is InChI=1S/C22H22F2O4/c1-14(2)3-10-18-19(28-12-11-23)13-16(20(21(18)25)22(26)27)7-4-15-5-8-17(24)9-6-15/h3-9,13,25H,10-12H2,1-2H3,(H,26,27)/b7-4+. The lowest BCUT2D eigenvalue weighted by atomic mass is 9.97. The maximum absolute atomic E-state index is 13.0. The molecule has 2 N–H and O–H groups in total. The SMILES string of the molecule is CC(C)=CCc1c(OCCF)cc(/C=C/c2ccc(F)cc2)c(C(=O)O)c1O. The van der Waals surface area contributed by atoms with Crippen LogP contribution in [0.3, 0.4) is 0 Å². The normalized spacial score (nSPS) is 10.9. The summed E-state index contributed by atoms with van der Waals surface area (Å²) >= 11 is 0. The second-order valence-electron chi connectivity index (χ2n) is 6.38. The van der Waals surface area contributed by atoms with Gasteiger partial charge in [0.2, 0.25) is 0 Å². The lowest BCUT2D eigenvalue weighted by Crippen LogP contribution is -2.07. The van der Waals surface area contributed by atoms with E-state index in [2.05, 4.69) is 0 Å². The molecule has 0 spiro atoms. The zero-order valence-corrected chi connectivity index (χ0v) is 15.7. The summed E-state index contributed by atoms with van der Waals surface area (Å²) in [5.41, 5.74) is 1.84. The van der Waals surface area contributed by atoms with Gasteiger partial charge in [0.15, 0.2) is 0 Å². The van der Waals surface area contributed by atoms with Crippen molar-refractivity contribution in [2.45, 2.75) is 20.3 Å². The Labute approximate surface area is 162 Å². The van der Waals surface area contributed by atoms with Gasteiger partial charge in [0.05, 0.1) is 0 Å². The second kappa shape index (κ2) is 9.69. The summed E-state index contributed by atoms with van der Waals surface area (Å²) in [5, 5.41) is 20.2. The van der Waals surface area contributed by atoms with Crippen LogP contribution >= 0.6 is 0 Å². The molecule has 0 saturated heterocycles. The topological polar surface area (TPSA) is 66.8 Å². The van der Waals surface area contributed by atoms with Gasteiger partial charge in [-0.2, -0.15) is 0 Å². The molecule has 0 aliphatic rings. The van der Waals surface area contributed by atoms with Crippen molar-refractivity contribution in [2.24, 2.45) is 0 Å². The fourth-order valence-corrected chi connectivity index (χ4v) is 2.60. The van der Waals surface area contributed by atoms with Crippen molar-refractivity contribution in [1.82, 2.24) is 0 Å². The number of aromatic hydroxyl groups is 1. The van der Waals surface area contributed by atoms with Crippen molar-refractivity contribution in [1.29, 1.82) is 0 Å². The van der Waals surface area contributed by atoms with E-state index in [1.807, 2.05) is 19.9 Å². The van der Waals surface area contributed by atoms with Crippen molar-refractivity contribution in [3.63, 3.8) is 0 Å². The Morgan fingerprint density at radius 2 is 1.86 bits per heavy atom. The Morgan fingerprint density at radius 1 is 1.18 bits per heavy atom. The number of allylic oxidation sites excluding steroid dienone is 2. The minimum absolute atomic E-state index is 0.198. The molecular weight excluding hydrogens is 366 g/mol. The summed E-state index contributed by atoms with van der Waals surface area (Å²) in [6.45, 7) is 2.81. The van der Waals surface area contributed by atoms with Crippen LogP contribution < -0.4 is 4.74 Å². The van der Waals surface area contributed by atoms with E-state index in [9.17, 15) is 23.8 Å². The van der Waals surface area contributed by atoms with Gasteiger partial charge in [0.25, 0.3) is 0 Å². The second-order valence-corrected chi connectivity index (χ2v) is 6.38. The molecule has 0 heterocycles. The van der Waals surface area contributed by atoms with Crippen LogP contribution in [0.1, 0.15) is 40.9 Å². The molecule has 0 fully saturated rings. The number of aromatic carboxylic acids is 1. The number of phenols is 1. The molecule has 2 aromatic rings. The zero-order chi connectivity index (χ0) is 20.7. The molecule has 4 nitrogen and oxygen atoms in total. The number of hydrogen-bond acceptors (Lipinski definition) is 3. The molecule has 0 aliphatic heterocycles. The maximum Gasteiger partial charge on any atom is 0.340 e. The largest absolute Gasteiger partial charge is 0.507 e. The van der Waals surface area contributed by atoms with E-state index >= 15 is 0 Å². The Morgan fingerprint density at radius 3 is 2.43 bits per heavy atom. The third-order valence-electron chi connectivity index (χ3n) is 3.98. The zero-order valence-electron chi connectivity index (χ0n) is 15.7. The minimum Gasteiger partial charge on any atom is -0.507 e. The van der Waals surface area contributed by atoms with Crippen LogP contribution in [0.2, 0.25) is 0 Å². The number of rotatable bonds is 8. The molecule has 2 rings (SSSR count). The van der Waals surface area contributed by atoms with Crippen LogP contribution in [-0.2, 0) is 6.42 Å². The van der Waals surface area contributed by atoms with Crippen LogP contribution in [0, 0.1) is 5.82 Å². The number of carboxylic acids is 1. The molecule has 0 aliphatic carbocycles. The van der Waals surface area contributed by atoms with E-state index in [0.29, 0.717) is 5.56 Å². The summed E-state index contributed by atoms with van der Waals surface area (Å²) in [4.78, 5) is 11.8. The van der Waals surface area contributed by atoms with Crippen molar-refractivity contribution in [3.8, 4) is 11.5 Å². The highest BCUT2D eigenvalue weighted by Gasteiger charge is 2.21. The lowest BCUT2D eigenvalue weighted by molar-refractivity contribution is 0.0693. The predicted molar refractivity (Wildman–Crippen MR) is 105 cm³/mol. The monoisotopic (exact) mass is 388 g/mol. The number of hydrogen-bond donors (Lipinski definition) is 2. The summed E-state index contributed by atoms with van der Waals surface area (Å²) in [5.74, 6) is -1.88. The molecular formula is C22H22F2O4. The molecule has 28 heavy (non-hydrogen) atoms. The van der Waals surface area contributed by atoms with Gasteiger partial charge in [-0.1, -0.05) is 35.9 Å². The first-order valence-corrected chi connectivity index (χ1v) is 8.71. The summed E-state index contributed by atoms with van der Waals surface area (Å²) < 4.78 is 31.0. The first-order valence-electron chi connectivity index (χ1n) is 8.71. The first kappa shape index (κ1) is 21.2. The van der Waals surface area contributed by atoms with E-state index in [0.717, 1.165) is 5.57 Å². The van der Waals surface area contributed by atoms with E-state index in [4.69, 9.17) is 4.74 Å². The average molecular weight is 388 g/mol. The number of carboxylic acid groups (broad SMARTS) is 1. The molecule has 148 valence electrons. The molecule has 0 atom stereocenters. The summed E-state index contributed by atoms with van der Waals surface area (Å²) in [6, 6.07) is 7.11. The molecule has 0 aromatic heterocycles. The van der Waals surface area contributed by atoms with Gasteiger partial charge < -0.3 is 14.9 Å². The molecule has 0 saturated carbocycles. The fraction of sp³-hybridized carbons (Fsp3) is 0.227. The van der Waals surface area contributed by atoms with Crippen LogP contribution in [-0.4, -0.2) is 29.5 Å². The minimum atomic E-state index is -1.30. The molecule has 0 bridgehead atoms. The number of ether oxygens (including phenoxy) is 1. The van der Waals surface area contributed by atoms with Crippen molar-refractivity contribution in [3.05, 3.63) is 70.1 Å². The smallest absolute Gasteiger partial charge is 0.340 e. The first-order chi connectivity index (χ1) is 13.3. The number of alkyl halides is 1.